The number of likely N-dealkylation sites (tertiary alicyclic amines) is 1. The molecule has 0 N–H and O–H groups in total. The van der Waals surface area contributed by atoms with Crippen LogP contribution in [0.15, 0.2) is 18.2 Å². The topological polar surface area (TPSA) is 55.6 Å². The van der Waals surface area contributed by atoms with Crippen LogP contribution in [0.5, 0.6) is 5.75 Å². The molecule has 0 spiro atoms. The summed E-state index contributed by atoms with van der Waals surface area (Å²) >= 11 is 0. The lowest BCUT2D eigenvalue weighted by Crippen LogP contribution is -2.31. The summed E-state index contributed by atoms with van der Waals surface area (Å²) in [5.74, 6) is 0.326. The van der Waals surface area contributed by atoms with E-state index < -0.39 is 0 Å². The molecule has 2 rings (SSSR count). The molecule has 1 aromatic rings. The van der Waals surface area contributed by atoms with Gasteiger partial charge < -0.3 is 9.64 Å². The molecule has 1 aliphatic rings. The molecule has 0 unspecified atom stereocenters. The van der Waals surface area contributed by atoms with E-state index in [1.54, 1.807) is 12.1 Å². The SMILES string of the molecule is COc1ccc(CCN2CCCCC2)cc1[N+](=O)[O-]. The Morgan fingerprint density at radius 2 is 2.05 bits per heavy atom. The summed E-state index contributed by atoms with van der Waals surface area (Å²) in [6.45, 7) is 3.28. The van der Waals surface area contributed by atoms with Gasteiger partial charge in [-0.1, -0.05) is 12.5 Å². The number of methoxy groups -OCH3 is 1. The molecule has 1 saturated heterocycles. The second-order valence-electron chi connectivity index (χ2n) is 4.92. The first-order chi connectivity index (χ1) is 9.20. The molecule has 1 aromatic carbocycles. The van der Waals surface area contributed by atoms with Gasteiger partial charge in [-0.15, -0.1) is 0 Å². The Morgan fingerprint density at radius 1 is 1.32 bits per heavy atom. The molecular formula is C14H20N2O3. The zero-order valence-electron chi connectivity index (χ0n) is 11.3. The Labute approximate surface area is 113 Å². The second-order valence-corrected chi connectivity index (χ2v) is 4.92. The molecule has 0 aromatic heterocycles. The fourth-order valence-corrected chi connectivity index (χ4v) is 2.50. The summed E-state index contributed by atoms with van der Waals surface area (Å²) in [5.41, 5.74) is 1.05. The van der Waals surface area contributed by atoms with Gasteiger partial charge in [-0.3, -0.25) is 10.1 Å². The maximum atomic E-state index is 11.0. The molecule has 0 bridgehead atoms. The van der Waals surface area contributed by atoms with E-state index in [0.29, 0.717) is 5.75 Å². The minimum atomic E-state index is -0.386. The van der Waals surface area contributed by atoms with E-state index in [1.165, 1.54) is 26.4 Å². The molecule has 0 atom stereocenters. The first kappa shape index (κ1) is 13.8. The van der Waals surface area contributed by atoms with Crippen LogP contribution in [0.3, 0.4) is 0 Å². The third-order valence-electron chi connectivity index (χ3n) is 3.61. The standard InChI is InChI=1S/C14H20N2O3/c1-19-14-6-5-12(11-13(14)16(17)18)7-10-15-8-3-2-4-9-15/h5-6,11H,2-4,7-10H2,1H3. The number of nitro groups is 1. The highest BCUT2D eigenvalue weighted by molar-refractivity contribution is 5.48. The molecule has 1 fully saturated rings. The van der Waals surface area contributed by atoms with Gasteiger partial charge in [0.1, 0.15) is 0 Å². The zero-order chi connectivity index (χ0) is 13.7. The predicted molar refractivity (Wildman–Crippen MR) is 73.6 cm³/mol. The first-order valence-electron chi connectivity index (χ1n) is 6.74. The molecule has 19 heavy (non-hydrogen) atoms. The fraction of sp³-hybridized carbons (Fsp3) is 0.571. The number of nitrogens with zero attached hydrogens (tertiary/aromatic N) is 2. The smallest absolute Gasteiger partial charge is 0.311 e. The number of piperidine rings is 1. The average Bonchev–Trinajstić information content (AvgIpc) is 2.46. The summed E-state index contributed by atoms with van der Waals surface area (Å²) in [7, 11) is 1.45. The van der Waals surface area contributed by atoms with E-state index in [0.717, 1.165) is 31.6 Å². The summed E-state index contributed by atoms with van der Waals surface area (Å²) < 4.78 is 5.00. The number of nitro benzene ring substituents is 1. The normalized spacial score (nSPS) is 16.3. The lowest BCUT2D eigenvalue weighted by molar-refractivity contribution is -0.385. The molecule has 0 amide bonds. The van der Waals surface area contributed by atoms with Gasteiger partial charge in [-0.2, -0.15) is 0 Å². The Kier molecular flexibility index (Phi) is 4.74. The van der Waals surface area contributed by atoms with Crippen molar-refractivity contribution in [3.8, 4) is 5.75 Å². The minimum Gasteiger partial charge on any atom is -0.490 e. The first-order valence-corrected chi connectivity index (χ1v) is 6.74. The van der Waals surface area contributed by atoms with E-state index in [-0.39, 0.29) is 10.6 Å². The number of ether oxygens (including phenoxy) is 1. The van der Waals surface area contributed by atoms with Crippen molar-refractivity contribution in [3.05, 3.63) is 33.9 Å². The van der Waals surface area contributed by atoms with E-state index in [4.69, 9.17) is 4.74 Å². The molecule has 1 heterocycles. The van der Waals surface area contributed by atoms with Gasteiger partial charge in [0.2, 0.25) is 0 Å². The average molecular weight is 264 g/mol. The quantitative estimate of drug-likeness (QED) is 0.606. The Balaban J connectivity index is 2.00. The van der Waals surface area contributed by atoms with Crippen molar-refractivity contribution >= 4 is 5.69 Å². The molecule has 104 valence electrons. The Hall–Kier alpha value is -1.62. The van der Waals surface area contributed by atoms with E-state index >= 15 is 0 Å². The lowest BCUT2D eigenvalue weighted by atomic mass is 10.1. The third kappa shape index (κ3) is 3.67. The molecule has 1 aliphatic heterocycles. The van der Waals surface area contributed by atoms with Crippen molar-refractivity contribution in [2.24, 2.45) is 0 Å². The van der Waals surface area contributed by atoms with Gasteiger partial charge >= 0.3 is 5.69 Å². The maximum Gasteiger partial charge on any atom is 0.311 e. The molecule has 5 nitrogen and oxygen atoms in total. The van der Waals surface area contributed by atoms with Crippen molar-refractivity contribution in [3.63, 3.8) is 0 Å². The summed E-state index contributed by atoms with van der Waals surface area (Å²) in [4.78, 5) is 13.0. The van der Waals surface area contributed by atoms with E-state index in [9.17, 15) is 10.1 Å². The largest absolute Gasteiger partial charge is 0.490 e. The van der Waals surface area contributed by atoms with Crippen LogP contribution in [0.4, 0.5) is 5.69 Å². The highest BCUT2D eigenvalue weighted by Gasteiger charge is 2.16. The lowest BCUT2D eigenvalue weighted by Gasteiger charge is -2.26. The van der Waals surface area contributed by atoms with Crippen molar-refractivity contribution in [2.75, 3.05) is 26.7 Å². The van der Waals surface area contributed by atoms with Crippen LogP contribution in [0, 0.1) is 10.1 Å². The maximum absolute atomic E-state index is 11.0. The summed E-state index contributed by atoms with van der Waals surface area (Å²) in [6, 6.07) is 5.22. The summed E-state index contributed by atoms with van der Waals surface area (Å²) in [6.07, 6.45) is 4.71. The van der Waals surface area contributed by atoms with Crippen LogP contribution in [-0.4, -0.2) is 36.6 Å². The zero-order valence-corrected chi connectivity index (χ0v) is 11.3. The van der Waals surface area contributed by atoms with Gasteiger partial charge in [0.25, 0.3) is 0 Å². The Bertz CT molecular complexity index is 442. The summed E-state index contributed by atoms with van der Waals surface area (Å²) in [5, 5.41) is 11.0. The van der Waals surface area contributed by atoms with Crippen LogP contribution in [-0.2, 0) is 6.42 Å². The fourth-order valence-electron chi connectivity index (χ4n) is 2.50. The number of rotatable bonds is 5. The van der Waals surface area contributed by atoms with Crippen molar-refractivity contribution in [1.29, 1.82) is 0 Å². The van der Waals surface area contributed by atoms with Gasteiger partial charge in [-0.25, -0.2) is 0 Å². The van der Waals surface area contributed by atoms with Crippen molar-refractivity contribution < 1.29 is 9.66 Å². The van der Waals surface area contributed by atoms with E-state index in [1.807, 2.05) is 6.07 Å². The number of benzene rings is 1. The van der Waals surface area contributed by atoms with Crippen LogP contribution in [0.25, 0.3) is 0 Å². The van der Waals surface area contributed by atoms with Crippen LogP contribution in [0.2, 0.25) is 0 Å². The highest BCUT2D eigenvalue weighted by Crippen LogP contribution is 2.27. The second kappa shape index (κ2) is 6.52. The third-order valence-corrected chi connectivity index (χ3v) is 3.61. The predicted octanol–water partition coefficient (Wildman–Crippen LogP) is 2.63. The molecule has 0 saturated carbocycles. The Morgan fingerprint density at radius 3 is 2.68 bits per heavy atom. The monoisotopic (exact) mass is 264 g/mol. The van der Waals surface area contributed by atoms with Crippen LogP contribution >= 0.6 is 0 Å². The van der Waals surface area contributed by atoms with Crippen molar-refractivity contribution in [2.45, 2.75) is 25.7 Å². The van der Waals surface area contributed by atoms with Crippen LogP contribution in [0.1, 0.15) is 24.8 Å². The number of hydrogen-bond donors (Lipinski definition) is 0. The van der Waals surface area contributed by atoms with Crippen LogP contribution < -0.4 is 4.74 Å². The molecule has 5 heteroatoms. The van der Waals surface area contributed by atoms with Gasteiger partial charge in [0.05, 0.1) is 12.0 Å². The minimum absolute atomic E-state index is 0.0543. The molecule has 0 radical (unpaired) electrons. The molecule has 0 aliphatic carbocycles. The molecular weight excluding hydrogens is 244 g/mol. The van der Waals surface area contributed by atoms with Gasteiger partial charge in [0.15, 0.2) is 5.75 Å². The highest BCUT2D eigenvalue weighted by atomic mass is 16.6. The van der Waals surface area contributed by atoms with Gasteiger partial charge in [0, 0.05) is 12.6 Å². The van der Waals surface area contributed by atoms with Crippen molar-refractivity contribution in [1.82, 2.24) is 4.90 Å². The number of hydrogen-bond acceptors (Lipinski definition) is 4. The van der Waals surface area contributed by atoms with E-state index in [2.05, 4.69) is 4.90 Å². The van der Waals surface area contributed by atoms with Gasteiger partial charge in [-0.05, 0) is 44.0 Å².